The first-order valence-electron chi connectivity index (χ1n) is 4.57. The van der Waals surface area contributed by atoms with Gasteiger partial charge >= 0.3 is 0 Å². The van der Waals surface area contributed by atoms with E-state index in [1.54, 1.807) is 24.5 Å². The van der Waals surface area contributed by atoms with Crippen LogP contribution in [0.3, 0.4) is 0 Å². The lowest BCUT2D eigenvalue weighted by Gasteiger charge is -2.03. The molecule has 0 saturated heterocycles. The lowest BCUT2D eigenvalue weighted by Crippen LogP contribution is -2.00. The highest BCUT2D eigenvalue weighted by Gasteiger charge is 2.07. The number of hydrogen-bond acceptors (Lipinski definition) is 5. The van der Waals surface area contributed by atoms with Gasteiger partial charge in [0.25, 0.3) is 0 Å². The predicted octanol–water partition coefficient (Wildman–Crippen LogP) is 2.70. The van der Waals surface area contributed by atoms with Crippen LogP contribution in [-0.4, -0.2) is 17.1 Å². The van der Waals surface area contributed by atoms with E-state index in [0.717, 1.165) is 14.4 Å². The van der Waals surface area contributed by atoms with E-state index in [0.29, 0.717) is 18.2 Å². The Hall–Kier alpha value is -0.980. The second kappa shape index (κ2) is 4.90. The third-order valence-electron chi connectivity index (χ3n) is 1.88. The molecule has 6 heteroatoms. The van der Waals surface area contributed by atoms with E-state index in [1.165, 1.54) is 0 Å². The smallest absolute Gasteiger partial charge is 0.171 e. The van der Waals surface area contributed by atoms with Crippen molar-refractivity contribution in [1.29, 1.82) is 0 Å². The van der Waals surface area contributed by atoms with Gasteiger partial charge in [-0.15, -0.1) is 11.3 Å². The standard InChI is InChI=1S/C10H10BrN3OS/c1-15-5-6-4-9(12)14-10(13-6)7-2-3-8(11)16-7/h2-4H,5H2,1H3,(H2,12,13,14). The molecular weight excluding hydrogens is 290 g/mol. The quantitative estimate of drug-likeness (QED) is 0.946. The number of nitrogens with zero attached hydrogens (tertiary/aromatic N) is 2. The Morgan fingerprint density at radius 2 is 2.25 bits per heavy atom. The molecule has 0 bridgehead atoms. The highest BCUT2D eigenvalue weighted by molar-refractivity contribution is 9.11. The topological polar surface area (TPSA) is 61.0 Å². The molecule has 2 aromatic rings. The number of halogens is 1. The maximum atomic E-state index is 5.72. The Kier molecular flexibility index (Phi) is 3.52. The Labute approximate surface area is 106 Å². The highest BCUT2D eigenvalue weighted by Crippen LogP contribution is 2.29. The molecule has 0 unspecified atom stereocenters. The number of thiophene rings is 1. The summed E-state index contributed by atoms with van der Waals surface area (Å²) in [7, 11) is 1.62. The fourth-order valence-electron chi connectivity index (χ4n) is 1.29. The van der Waals surface area contributed by atoms with Crippen LogP contribution in [0.5, 0.6) is 0 Å². The molecule has 0 aliphatic rings. The summed E-state index contributed by atoms with van der Waals surface area (Å²) in [5.41, 5.74) is 6.51. The van der Waals surface area contributed by atoms with Crippen molar-refractivity contribution in [3.05, 3.63) is 27.7 Å². The van der Waals surface area contributed by atoms with E-state index in [9.17, 15) is 0 Å². The van der Waals surface area contributed by atoms with Crippen molar-refractivity contribution in [3.63, 3.8) is 0 Å². The van der Waals surface area contributed by atoms with Gasteiger partial charge in [-0.05, 0) is 28.1 Å². The first kappa shape index (κ1) is 11.5. The molecule has 0 saturated carbocycles. The monoisotopic (exact) mass is 299 g/mol. The number of rotatable bonds is 3. The average Bonchev–Trinajstić information content (AvgIpc) is 2.64. The van der Waals surface area contributed by atoms with Crippen LogP contribution in [0.2, 0.25) is 0 Å². The van der Waals surface area contributed by atoms with Gasteiger partial charge in [-0.25, -0.2) is 9.97 Å². The number of aromatic nitrogens is 2. The summed E-state index contributed by atoms with van der Waals surface area (Å²) in [5.74, 6) is 1.10. The molecule has 16 heavy (non-hydrogen) atoms. The fraction of sp³-hybridized carbons (Fsp3) is 0.200. The molecule has 0 fully saturated rings. The van der Waals surface area contributed by atoms with Crippen LogP contribution in [0.25, 0.3) is 10.7 Å². The van der Waals surface area contributed by atoms with Gasteiger partial charge in [-0.2, -0.15) is 0 Å². The maximum absolute atomic E-state index is 5.72. The average molecular weight is 300 g/mol. The third kappa shape index (κ3) is 2.58. The van der Waals surface area contributed by atoms with Crippen molar-refractivity contribution in [3.8, 4) is 10.7 Å². The normalized spacial score (nSPS) is 10.6. The lowest BCUT2D eigenvalue weighted by atomic mass is 10.3. The van der Waals surface area contributed by atoms with Gasteiger partial charge in [-0.3, -0.25) is 0 Å². The highest BCUT2D eigenvalue weighted by atomic mass is 79.9. The predicted molar refractivity (Wildman–Crippen MR) is 68.2 cm³/mol. The van der Waals surface area contributed by atoms with Crippen molar-refractivity contribution < 1.29 is 4.74 Å². The molecule has 4 nitrogen and oxygen atoms in total. The van der Waals surface area contributed by atoms with E-state index in [-0.39, 0.29) is 0 Å². The fourth-order valence-corrected chi connectivity index (χ4v) is 2.61. The molecule has 0 aliphatic carbocycles. The van der Waals surface area contributed by atoms with E-state index in [1.807, 2.05) is 12.1 Å². The van der Waals surface area contributed by atoms with Crippen LogP contribution in [0, 0.1) is 0 Å². The van der Waals surface area contributed by atoms with Crippen LogP contribution in [0.4, 0.5) is 5.82 Å². The number of methoxy groups -OCH3 is 1. The zero-order chi connectivity index (χ0) is 11.5. The summed E-state index contributed by atoms with van der Waals surface area (Å²) in [6, 6.07) is 5.64. The summed E-state index contributed by atoms with van der Waals surface area (Å²) in [5, 5.41) is 0. The Morgan fingerprint density at radius 1 is 1.44 bits per heavy atom. The number of ether oxygens (including phenoxy) is 1. The van der Waals surface area contributed by atoms with Crippen molar-refractivity contribution >= 4 is 33.1 Å². The van der Waals surface area contributed by atoms with Crippen molar-refractivity contribution in [2.24, 2.45) is 0 Å². The van der Waals surface area contributed by atoms with Gasteiger partial charge in [0, 0.05) is 13.2 Å². The van der Waals surface area contributed by atoms with Crippen LogP contribution in [0.15, 0.2) is 22.0 Å². The maximum Gasteiger partial charge on any atom is 0.171 e. The molecule has 0 radical (unpaired) electrons. The number of nitrogen functional groups attached to an aromatic ring is 1. The van der Waals surface area contributed by atoms with Crippen LogP contribution in [-0.2, 0) is 11.3 Å². The summed E-state index contributed by atoms with van der Waals surface area (Å²) in [4.78, 5) is 9.56. The Bertz CT molecular complexity index is 501. The first-order valence-corrected chi connectivity index (χ1v) is 6.18. The first-order chi connectivity index (χ1) is 7.69. The van der Waals surface area contributed by atoms with E-state index in [2.05, 4.69) is 25.9 Å². The summed E-state index contributed by atoms with van der Waals surface area (Å²) in [6.07, 6.45) is 0. The summed E-state index contributed by atoms with van der Waals surface area (Å²) < 4.78 is 6.07. The zero-order valence-corrected chi connectivity index (χ0v) is 11.0. The minimum Gasteiger partial charge on any atom is -0.384 e. The van der Waals surface area contributed by atoms with Crippen LogP contribution < -0.4 is 5.73 Å². The molecule has 0 aromatic carbocycles. The minimum atomic E-state index is 0.437. The second-order valence-electron chi connectivity index (χ2n) is 3.14. The van der Waals surface area contributed by atoms with Gasteiger partial charge in [-0.1, -0.05) is 0 Å². The molecular formula is C10H10BrN3OS. The van der Waals surface area contributed by atoms with Crippen molar-refractivity contribution in [2.75, 3.05) is 12.8 Å². The van der Waals surface area contributed by atoms with Crippen LogP contribution in [0.1, 0.15) is 5.69 Å². The van der Waals surface area contributed by atoms with Gasteiger partial charge in [0.2, 0.25) is 0 Å². The summed E-state index contributed by atoms with van der Waals surface area (Å²) in [6.45, 7) is 0.437. The number of anilines is 1. The molecule has 0 aliphatic heterocycles. The second-order valence-corrected chi connectivity index (χ2v) is 5.61. The lowest BCUT2D eigenvalue weighted by molar-refractivity contribution is 0.181. The Balaban J connectivity index is 2.40. The van der Waals surface area contributed by atoms with Gasteiger partial charge in [0.1, 0.15) is 5.82 Å². The molecule has 2 N–H and O–H groups in total. The minimum absolute atomic E-state index is 0.437. The number of hydrogen-bond donors (Lipinski definition) is 1. The van der Waals surface area contributed by atoms with E-state index in [4.69, 9.17) is 10.5 Å². The largest absolute Gasteiger partial charge is 0.384 e. The Morgan fingerprint density at radius 3 is 2.88 bits per heavy atom. The number of nitrogens with two attached hydrogens (primary N) is 1. The van der Waals surface area contributed by atoms with Crippen molar-refractivity contribution in [2.45, 2.75) is 6.61 Å². The van der Waals surface area contributed by atoms with Gasteiger partial charge in [0.05, 0.1) is 21.0 Å². The molecule has 84 valence electrons. The molecule has 2 aromatic heterocycles. The molecule has 0 amide bonds. The van der Waals surface area contributed by atoms with E-state index < -0.39 is 0 Å². The van der Waals surface area contributed by atoms with Crippen molar-refractivity contribution in [1.82, 2.24) is 9.97 Å². The SMILES string of the molecule is COCc1cc(N)nc(-c2ccc(Br)s2)n1. The van der Waals surface area contributed by atoms with Crippen LogP contribution >= 0.6 is 27.3 Å². The summed E-state index contributed by atoms with van der Waals surface area (Å²) >= 11 is 4.98. The van der Waals surface area contributed by atoms with Gasteiger partial charge < -0.3 is 10.5 Å². The third-order valence-corrected chi connectivity index (χ3v) is 3.50. The van der Waals surface area contributed by atoms with Gasteiger partial charge in [0.15, 0.2) is 5.82 Å². The molecule has 2 heterocycles. The zero-order valence-electron chi connectivity index (χ0n) is 8.61. The molecule has 0 atom stereocenters. The van der Waals surface area contributed by atoms with E-state index >= 15 is 0 Å². The molecule has 0 spiro atoms. The molecule has 2 rings (SSSR count).